The van der Waals surface area contributed by atoms with E-state index in [-0.39, 0.29) is 12.4 Å². The molecule has 0 N–H and O–H groups in total. The van der Waals surface area contributed by atoms with E-state index in [9.17, 15) is 0 Å². The molecule has 0 aliphatic carbocycles. The predicted molar refractivity (Wildman–Crippen MR) is 85.5 cm³/mol. The van der Waals surface area contributed by atoms with Crippen LogP contribution < -0.4 is 5.19 Å². The first-order chi connectivity index (χ1) is 9.58. The molecule has 1 saturated heterocycles. The summed E-state index contributed by atoms with van der Waals surface area (Å²) in [5, 5.41) is 1.37. The Morgan fingerprint density at radius 2 is 2.00 bits per heavy atom. The maximum Gasteiger partial charge on any atom is 0.162 e. The van der Waals surface area contributed by atoms with Crippen LogP contribution in [0.25, 0.3) is 0 Å². The van der Waals surface area contributed by atoms with Crippen molar-refractivity contribution in [3.05, 3.63) is 30.3 Å². The summed E-state index contributed by atoms with van der Waals surface area (Å²) >= 11 is 0. The van der Waals surface area contributed by atoms with Crippen molar-refractivity contribution in [2.24, 2.45) is 0 Å². The first kappa shape index (κ1) is 15.3. The summed E-state index contributed by atoms with van der Waals surface area (Å²) in [4.78, 5) is 0. The van der Waals surface area contributed by atoms with Gasteiger partial charge < -0.3 is 9.47 Å². The van der Waals surface area contributed by atoms with Gasteiger partial charge in [-0.05, 0) is 31.4 Å². The van der Waals surface area contributed by atoms with E-state index < -0.39 is 8.07 Å². The van der Waals surface area contributed by atoms with E-state index in [0.717, 1.165) is 19.4 Å². The molecule has 1 aromatic carbocycles. The van der Waals surface area contributed by atoms with Crippen LogP contribution in [0.2, 0.25) is 13.1 Å². The van der Waals surface area contributed by atoms with Crippen molar-refractivity contribution in [3.63, 3.8) is 0 Å². The summed E-state index contributed by atoms with van der Waals surface area (Å²) in [6.45, 7) is 7.38. The van der Waals surface area contributed by atoms with E-state index in [1.807, 2.05) is 13.0 Å². The molecule has 0 bridgehead atoms. The molecule has 1 fully saturated rings. The Balaban J connectivity index is 1.94. The fraction of sp³-hybridized carbons (Fsp3) is 0.529. The Morgan fingerprint density at radius 3 is 2.65 bits per heavy atom. The zero-order valence-corrected chi connectivity index (χ0v) is 13.7. The monoisotopic (exact) mass is 288 g/mol. The average Bonchev–Trinajstić information content (AvgIpc) is 2.47. The topological polar surface area (TPSA) is 18.5 Å². The molecule has 1 aromatic rings. The molecule has 0 spiro atoms. The highest BCUT2D eigenvalue weighted by Crippen LogP contribution is 2.15. The fourth-order valence-electron chi connectivity index (χ4n) is 2.29. The van der Waals surface area contributed by atoms with Gasteiger partial charge in [0, 0.05) is 6.61 Å². The van der Waals surface area contributed by atoms with Crippen LogP contribution in [0.15, 0.2) is 30.3 Å². The van der Waals surface area contributed by atoms with E-state index in [2.05, 4.69) is 48.8 Å². The van der Waals surface area contributed by atoms with Crippen LogP contribution in [0.5, 0.6) is 0 Å². The molecule has 0 aromatic heterocycles. The highest BCUT2D eigenvalue weighted by molar-refractivity contribution is 6.96. The van der Waals surface area contributed by atoms with Gasteiger partial charge in [0.15, 0.2) is 14.4 Å². The number of ether oxygens (including phenoxy) is 2. The molecule has 3 heteroatoms. The van der Waals surface area contributed by atoms with Crippen molar-refractivity contribution in [1.82, 2.24) is 0 Å². The van der Waals surface area contributed by atoms with Crippen molar-refractivity contribution < 1.29 is 9.47 Å². The van der Waals surface area contributed by atoms with Crippen molar-refractivity contribution in [2.45, 2.75) is 51.7 Å². The third-order valence-electron chi connectivity index (χ3n) is 3.58. The maximum atomic E-state index is 5.85. The number of benzene rings is 1. The molecule has 1 heterocycles. The second-order valence-electron chi connectivity index (χ2n) is 5.83. The van der Waals surface area contributed by atoms with E-state index in [4.69, 9.17) is 9.47 Å². The number of hydrogen-bond acceptors (Lipinski definition) is 2. The normalized spacial score (nSPS) is 20.9. The van der Waals surface area contributed by atoms with E-state index in [0.29, 0.717) is 0 Å². The smallest absolute Gasteiger partial charge is 0.162 e. The molecule has 2 atom stereocenters. The lowest BCUT2D eigenvalue weighted by atomic mass is 10.2. The molecular formula is C17H24O2Si. The Labute approximate surface area is 123 Å². The van der Waals surface area contributed by atoms with Crippen LogP contribution in [0, 0.1) is 11.5 Å². The SMILES string of the molecule is CC(C#C[Si](C)(C)c1ccccc1)OC1CCCCO1. The lowest BCUT2D eigenvalue weighted by Crippen LogP contribution is -2.40. The van der Waals surface area contributed by atoms with Crippen LogP contribution in [-0.4, -0.2) is 27.1 Å². The largest absolute Gasteiger partial charge is 0.353 e. The summed E-state index contributed by atoms with van der Waals surface area (Å²) in [5.41, 5.74) is 3.47. The molecule has 0 radical (unpaired) electrons. The molecular weight excluding hydrogens is 264 g/mol. The van der Waals surface area contributed by atoms with Crippen LogP contribution in [0.3, 0.4) is 0 Å². The lowest BCUT2D eigenvalue weighted by molar-refractivity contribution is -0.173. The van der Waals surface area contributed by atoms with Gasteiger partial charge in [-0.25, -0.2) is 0 Å². The van der Waals surface area contributed by atoms with Crippen LogP contribution >= 0.6 is 0 Å². The molecule has 2 nitrogen and oxygen atoms in total. The Morgan fingerprint density at radius 1 is 1.25 bits per heavy atom. The van der Waals surface area contributed by atoms with E-state index in [1.54, 1.807) is 0 Å². The predicted octanol–water partition coefficient (Wildman–Crippen LogP) is 3.08. The molecule has 0 saturated carbocycles. The Kier molecular flexibility index (Phi) is 5.42. The zero-order valence-electron chi connectivity index (χ0n) is 12.7. The summed E-state index contributed by atoms with van der Waals surface area (Å²) in [6, 6.07) is 10.6. The zero-order chi connectivity index (χ0) is 14.4. The van der Waals surface area contributed by atoms with Gasteiger partial charge in [0.1, 0.15) is 6.10 Å². The van der Waals surface area contributed by atoms with Gasteiger partial charge in [-0.1, -0.05) is 49.3 Å². The molecule has 1 aliphatic rings. The van der Waals surface area contributed by atoms with E-state index in [1.165, 1.54) is 11.6 Å². The molecule has 108 valence electrons. The molecule has 2 unspecified atom stereocenters. The number of hydrogen-bond donors (Lipinski definition) is 0. The average molecular weight is 288 g/mol. The van der Waals surface area contributed by atoms with Gasteiger partial charge in [-0.3, -0.25) is 0 Å². The second-order valence-corrected chi connectivity index (χ2v) is 9.91. The molecule has 2 rings (SSSR count). The molecule has 20 heavy (non-hydrogen) atoms. The first-order valence-corrected chi connectivity index (χ1v) is 10.4. The third-order valence-corrected chi connectivity index (χ3v) is 6.12. The van der Waals surface area contributed by atoms with Crippen LogP contribution in [0.1, 0.15) is 26.2 Å². The summed E-state index contributed by atoms with van der Waals surface area (Å²) in [7, 11) is -1.69. The summed E-state index contributed by atoms with van der Waals surface area (Å²) in [5.74, 6) is 3.28. The van der Waals surface area contributed by atoms with Gasteiger partial charge in [0.2, 0.25) is 0 Å². The highest BCUT2D eigenvalue weighted by Gasteiger charge is 2.21. The molecule has 0 amide bonds. The minimum absolute atomic E-state index is 0.0606. The summed E-state index contributed by atoms with van der Waals surface area (Å²) in [6.07, 6.45) is 3.21. The van der Waals surface area contributed by atoms with Crippen LogP contribution in [0.4, 0.5) is 0 Å². The van der Waals surface area contributed by atoms with E-state index >= 15 is 0 Å². The van der Waals surface area contributed by atoms with Crippen LogP contribution in [-0.2, 0) is 9.47 Å². The van der Waals surface area contributed by atoms with Crippen molar-refractivity contribution in [2.75, 3.05) is 6.61 Å². The lowest BCUT2D eigenvalue weighted by Gasteiger charge is -2.24. The third kappa shape index (κ3) is 4.48. The van der Waals surface area contributed by atoms with Gasteiger partial charge in [-0.2, -0.15) is 0 Å². The maximum absolute atomic E-state index is 5.85. The van der Waals surface area contributed by atoms with Gasteiger partial charge in [0.05, 0.1) is 0 Å². The van der Waals surface area contributed by atoms with Gasteiger partial charge in [0.25, 0.3) is 0 Å². The molecule has 1 aliphatic heterocycles. The van der Waals surface area contributed by atoms with Crippen molar-refractivity contribution in [3.8, 4) is 11.5 Å². The first-order valence-electron chi connectivity index (χ1n) is 7.43. The van der Waals surface area contributed by atoms with Crippen molar-refractivity contribution >= 4 is 13.3 Å². The highest BCUT2D eigenvalue weighted by atomic mass is 28.3. The quantitative estimate of drug-likeness (QED) is 0.628. The van der Waals surface area contributed by atoms with Gasteiger partial charge >= 0.3 is 0 Å². The Bertz CT molecular complexity index is 467. The number of rotatable bonds is 3. The summed E-state index contributed by atoms with van der Waals surface area (Å²) < 4.78 is 11.4. The Hall–Kier alpha value is -1.08. The minimum atomic E-state index is -1.69. The fourth-order valence-corrected chi connectivity index (χ4v) is 4.02. The van der Waals surface area contributed by atoms with Gasteiger partial charge in [-0.15, -0.1) is 5.54 Å². The van der Waals surface area contributed by atoms with Crippen molar-refractivity contribution in [1.29, 1.82) is 0 Å². The second kappa shape index (κ2) is 7.08. The standard InChI is InChI=1S/C17H24O2Si/c1-15(19-17-11-7-8-13-18-17)12-14-20(2,3)16-9-5-4-6-10-16/h4-6,9-10,15,17H,7-8,11,13H2,1-3H3. The minimum Gasteiger partial charge on any atom is -0.353 e.